The van der Waals surface area contributed by atoms with Gasteiger partial charge in [0.2, 0.25) is 11.8 Å². The summed E-state index contributed by atoms with van der Waals surface area (Å²) in [5, 5.41) is 2.82. The molecule has 0 aromatic heterocycles. The minimum absolute atomic E-state index is 0.0566. The first kappa shape index (κ1) is 20.9. The van der Waals surface area contributed by atoms with E-state index in [0.717, 1.165) is 13.0 Å². The van der Waals surface area contributed by atoms with Gasteiger partial charge < -0.3 is 15.1 Å². The predicted octanol–water partition coefficient (Wildman–Crippen LogP) is 0.614. The Balaban J connectivity index is 4.56. The molecule has 22 heavy (non-hydrogen) atoms. The van der Waals surface area contributed by atoms with Gasteiger partial charge in [0.15, 0.2) is 0 Å². The normalized spacial score (nSPS) is 12.1. The lowest BCUT2D eigenvalue weighted by molar-refractivity contribution is -0.140. The number of hydrogen-bond donors (Lipinski definition) is 1. The molecule has 0 fully saturated rings. The number of likely N-dealkylation sites (N-methyl/N-ethyl adjacent to an activating group) is 1. The van der Waals surface area contributed by atoms with Crippen molar-refractivity contribution in [2.45, 2.75) is 32.2 Å². The summed E-state index contributed by atoms with van der Waals surface area (Å²) in [4.78, 5) is 39.2. The Morgan fingerprint density at radius 3 is 2.32 bits per heavy atom. The molecule has 0 aliphatic carbocycles. The summed E-state index contributed by atoms with van der Waals surface area (Å²) in [6.45, 7) is 2.85. The monoisotopic (exact) mass is 331 g/mol. The van der Waals surface area contributed by atoms with Crippen LogP contribution in [-0.4, -0.2) is 79.7 Å². The molecule has 0 radical (unpaired) electrons. The lowest BCUT2D eigenvalue weighted by atomic mass is 10.1. The van der Waals surface area contributed by atoms with Crippen molar-refractivity contribution in [2.75, 3.05) is 46.2 Å². The first-order valence-corrected chi connectivity index (χ1v) is 8.85. The Hall–Kier alpha value is -1.08. The highest BCUT2D eigenvalue weighted by Crippen LogP contribution is 2.08. The molecule has 0 saturated carbocycles. The third kappa shape index (κ3) is 9.04. The van der Waals surface area contributed by atoms with Gasteiger partial charge in [0.1, 0.15) is 11.8 Å². The predicted molar refractivity (Wildman–Crippen MR) is 91.0 cm³/mol. The van der Waals surface area contributed by atoms with Gasteiger partial charge in [0.05, 0.1) is 0 Å². The van der Waals surface area contributed by atoms with Gasteiger partial charge >= 0.3 is 0 Å². The number of carbonyl (C=O) groups is 3. The lowest BCUT2D eigenvalue weighted by Gasteiger charge is -2.26. The molecule has 0 unspecified atom stereocenters. The smallest absolute Gasteiger partial charge is 0.243 e. The molecule has 128 valence electrons. The van der Waals surface area contributed by atoms with Crippen molar-refractivity contribution in [2.24, 2.45) is 0 Å². The van der Waals surface area contributed by atoms with Crippen LogP contribution in [0.2, 0.25) is 0 Å². The van der Waals surface area contributed by atoms with Crippen molar-refractivity contribution in [1.29, 1.82) is 0 Å². The van der Waals surface area contributed by atoms with Gasteiger partial charge in [-0.2, -0.15) is 11.8 Å². The van der Waals surface area contributed by atoms with Crippen LogP contribution in [0.5, 0.6) is 0 Å². The van der Waals surface area contributed by atoms with E-state index in [9.17, 15) is 14.4 Å². The number of rotatable bonds is 11. The van der Waals surface area contributed by atoms with Gasteiger partial charge in [-0.15, -0.1) is 0 Å². The van der Waals surface area contributed by atoms with Crippen molar-refractivity contribution in [1.82, 2.24) is 15.1 Å². The largest absolute Gasteiger partial charge is 0.354 e. The summed E-state index contributed by atoms with van der Waals surface area (Å²) in [7, 11) is 5.53. The number of hydrogen-bond acceptors (Lipinski definition) is 5. The molecule has 0 aromatic carbocycles. The average Bonchev–Trinajstić information content (AvgIpc) is 2.45. The Morgan fingerprint density at radius 2 is 1.82 bits per heavy atom. The average molecular weight is 331 g/mol. The topological polar surface area (TPSA) is 69.7 Å². The number of amides is 2. The van der Waals surface area contributed by atoms with E-state index in [-0.39, 0.29) is 24.0 Å². The van der Waals surface area contributed by atoms with Gasteiger partial charge in [-0.05, 0) is 40.2 Å². The Morgan fingerprint density at radius 1 is 1.18 bits per heavy atom. The first-order valence-electron chi connectivity index (χ1n) is 7.46. The van der Waals surface area contributed by atoms with E-state index in [4.69, 9.17) is 0 Å². The number of ketones is 1. The van der Waals surface area contributed by atoms with Gasteiger partial charge in [-0.3, -0.25) is 14.4 Å². The molecule has 0 aromatic rings. The summed E-state index contributed by atoms with van der Waals surface area (Å²) in [6, 6.07) is -0.716. The maximum absolute atomic E-state index is 12.3. The standard InChI is InChI=1S/C15H29N3O3S/c1-12(19)11-13(18(4)14(20)7-10-22-5)15(21)16-8-6-9-17(2)3/h13H,6-11H2,1-5H3,(H,16,21)/t13-/m0/s1. The van der Waals surface area contributed by atoms with E-state index in [1.54, 1.807) is 18.8 Å². The fourth-order valence-electron chi connectivity index (χ4n) is 1.94. The van der Waals surface area contributed by atoms with E-state index < -0.39 is 6.04 Å². The van der Waals surface area contributed by atoms with Crippen LogP contribution in [0.3, 0.4) is 0 Å². The molecule has 0 aliphatic rings. The van der Waals surface area contributed by atoms with Crippen LogP contribution in [0, 0.1) is 0 Å². The fraction of sp³-hybridized carbons (Fsp3) is 0.800. The van der Waals surface area contributed by atoms with Crippen LogP contribution >= 0.6 is 11.8 Å². The second-order valence-corrected chi connectivity index (χ2v) is 6.60. The van der Waals surface area contributed by atoms with Crippen molar-refractivity contribution < 1.29 is 14.4 Å². The third-order valence-corrected chi connectivity index (χ3v) is 3.86. The van der Waals surface area contributed by atoms with Gasteiger partial charge in [0, 0.05) is 32.2 Å². The molecule has 0 bridgehead atoms. The fourth-order valence-corrected chi connectivity index (χ4v) is 2.32. The molecule has 0 aliphatic heterocycles. The minimum atomic E-state index is -0.716. The molecule has 0 rings (SSSR count). The van der Waals surface area contributed by atoms with Gasteiger partial charge in [-0.25, -0.2) is 0 Å². The number of thioether (sulfide) groups is 1. The van der Waals surface area contributed by atoms with Gasteiger partial charge in [-0.1, -0.05) is 0 Å². The summed E-state index contributed by atoms with van der Waals surface area (Å²) < 4.78 is 0. The zero-order valence-corrected chi connectivity index (χ0v) is 15.2. The highest BCUT2D eigenvalue weighted by Gasteiger charge is 2.27. The van der Waals surface area contributed by atoms with Crippen LogP contribution in [0.15, 0.2) is 0 Å². The zero-order valence-electron chi connectivity index (χ0n) is 14.3. The number of Topliss-reactive ketones (excluding diaryl/α,β-unsaturated/α-hetero) is 1. The minimum Gasteiger partial charge on any atom is -0.354 e. The first-order chi connectivity index (χ1) is 10.3. The van der Waals surface area contributed by atoms with Crippen LogP contribution in [-0.2, 0) is 14.4 Å². The molecule has 0 spiro atoms. The quantitative estimate of drug-likeness (QED) is 0.562. The molecule has 0 heterocycles. The van der Waals surface area contributed by atoms with Crippen LogP contribution in [0.4, 0.5) is 0 Å². The molecular weight excluding hydrogens is 302 g/mol. The van der Waals surface area contributed by atoms with E-state index in [1.807, 2.05) is 25.3 Å². The zero-order chi connectivity index (χ0) is 17.1. The highest BCUT2D eigenvalue weighted by molar-refractivity contribution is 7.98. The van der Waals surface area contributed by atoms with Crippen molar-refractivity contribution in [3.8, 4) is 0 Å². The molecule has 1 atom stereocenters. The van der Waals surface area contributed by atoms with E-state index in [0.29, 0.717) is 18.7 Å². The Labute approximate surface area is 138 Å². The maximum Gasteiger partial charge on any atom is 0.243 e. The molecule has 0 saturated heterocycles. The molecule has 2 amide bonds. The summed E-state index contributed by atoms with van der Waals surface area (Å²) in [5.41, 5.74) is 0. The second-order valence-electron chi connectivity index (χ2n) is 5.62. The Kier molecular flexibility index (Phi) is 10.9. The molecule has 6 nitrogen and oxygen atoms in total. The van der Waals surface area contributed by atoms with E-state index in [1.165, 1.54) is 11.8 Å². The van der Waals surface area contributed by atoms with Crippen molar-refractivity contribution in [3.05, 3.63) is 0 Å². The third-order valence-electron chi connectivity index (χ3n) is 3.25. The Bertz CT molecular complexity index is 375. The summed E-state index contributed by atoms with van der Waals surface area (Å²) >= 11 is 1.58. The maximum atomic E-state index is 12.3. The number of nitrogens with zero attached hydrogens (tertiary/aromatic N) is 2. The highest BCUT2D eigenvalue weighted by atomic mass is 32.2. The summed E-state index contributed by atoms with van der Waals surface area (Å²) in [6.07, 6.45) is 3.19. The van der Waals surface area contributed by atoms with Crippen molar-refractivity contribution >= 4 is 29.4 Å². The van der Waals surface area contributed by atoms with Crippen LogP contribution < -0.4 is 5.32 Å². The molecule has 7 heteroatoms. The SMILES string of the molecule is CSCCC(=O)N(C)[C@@H](CC(C)=O)C(=O)NCCCN(C)C. The molecule has 1 N–H and O–H groups in total. The number of nitrogens with one attached hydrogen (secondary N) is 1. The van der Waals surface area contributed by atoms with E-state index in [2.05, 4.69) is 5.32 Å². The van der Waals surface area contributed by atoms with E-state index >= 15 is 0 Å². The number of carbonyl (C=O) groups excluding carboxylic acids is 3. The van der Waals surface area contributed by atoms with Crippen LogP contribution in [0.25, 0.3) is 0 Å². The van der Waals surface area contributed by atoms with Crippen LogP contribution in [0.1, 0.15) is 26.2 Å². The second kappa shape index (κ2) is 11.5. The summed E-state index contributed by atoms with van der Waals surface area (Å²) in [5.74, 6) is 0.247. The van der Waals surface area contributed by atoms with Gasteiger partial charge in [0.25, 0.3) is 0 Å². The van der Waals surface area contributed by atoms with Crippen molar-refractivity contribution in [3.63, 3.8) is 0 Å². The molecular formula is C15H29N3O3S. The lowest BCUT2D eigenvalue weighted by Crippen LogP contribution is -2.49.